The largest absolute Gasteiger partial charge is 0.618 e. The van der Waals surface area contributed by atoms with Crippen molar-refractivity contribution >= 4 is 17.4 Å². The Morgan fingerprint density at radius 2 is 2.07 bits per heavy atom. The molecule has 0 fully saturated rings. The number of ether oxygens (including phenoxy) is 3. The molecule has 2 aliphatic rings. The molecule has 1 aromatic heterocycles. The molecule has 1 N–H and O–H groups in total. The molecule has 1 spiro atoms. The fraction of sp³-hybridized carbons (Fsp3) is 0.368. The molecule has 2 unspecified atom stereocenters. The van der Waals surface area contributed by atoms with Crippen molar-refractivity contribution in [1.29, 1.82) is 0 Å². The van der Waals surface area contributed by atoms with Gasteiger partial charge in [-0.15, -0.1) is 0 Å². The minimum absolute atomic E-state index is 0.123. The number of hydrogen-bond donors (Lipinski definition) is 1. The molecular formula is C19H18ClNO6. The number of aliphatic hydroxyl groups excluding tert-OH is 1. The normalized spacial score (nSPS) is 25.7. The highest BCUT2D eigenvalue weighted by molar-refractivity contribution is 6.35. The summed E-state index contributed by atoms with van der Waals surface area (Å²) in [5.41, 5.74) is -0.629. The molecule has 0 radical (unpaired) electrons. The summed E-state index contributed by atoms with van der Waals surface area (Å²) in [5, 5.41) is 23.4. The van der Waals surface area contributed by atoms with Crippen molar-refractivity contribution in [1.82, 2.24) is 0 Å². The number of hydrogen-bond acceptors (Lipinski definition) is 6. The second-order valence-corrected chi connectivity index (χ2v) is 7.15. The van der Waals surface area contributed by atoms with E-state index >= 15 is 0 Å². The second kappa shape index (κ2) is 6.00. The van der Waals surface area contributed by atoms with Gasteiger partial charge in [0.05, 0.1) is 19.8 Å². The Morgan fingerprint density at radius 1 is 1.37 bits per heavy atom. The average molecular weight is 392 g/mol. The summed E-state index contributed by atoms with van der Waals surface area (Å²) in [5.74, 6) is -0.226. The molecule has 2 heterocycles. The first-order valence-corrected chi connectivity index (χ1v) is 8.81. The first-order chi connectivity index (χ1) is 12.9. The molecule has 2 aromatic rings. The first kappa shape index (κ1) is 17.9. The van der Waals surface area contributed by atoms with Gasteiger partial charge in [0.15, 0.2) is 17.6 Å². The highest BCUT2D eigenvalue weighted by Gasteiger charge is 2.62. The third kappa shape index (κ3) is 2.18. The van der Waals surface area contributed by atoms with Crippen LogP contribution >= 0.6 is 11.6 Å². The van der Waals surface area contributed by atoms with E-state index in [9.17, 15) is 15.1 Å². The number of benzene rings is 1. The van der Waals surface area contributed by atoms with Gasteiger partial charge in [0, 0.05) is 24.5 Å². The number of pyridine rings is 1. The van der Waals surface area contributed by atoms with Crippen LogP contribution in [0.25, 0.3) is 0 Å². The zero-order chi connectivity index (χ0) is 19.5. The lowest BCUT2D eigenvalue weighted by atomic mass is 9.70. The smallest absolute Gasteiger partial charge is 0.217 e. The Morgan fingerprint density at radius 3 is 2.74 bits per heavy atom. The number of halogens is 1. The summed E-state index contributed by atoms with van der Waals surface area (Å²) in [4.78, 5) is 13.5. The van der Waals surface area contributed by atoms with Gasteiger partial charge in [0.1, 0.15) is 28.2 Å². The second-order valence-electron chi connectivity index (χ2n) is 6.77. The number of carbonyl (C=O) groups is 1. The van der Waals surface area contributed by atoms with E-state index in [-0.39, 0.29) is 28.5 Å². The number of carbonyl (C=O) groups excluding carboxylic acids is 1. The van der Waals surface area contributed by atoms with Crippen LogP contribution in [0.15, 0.2) is 24.4 Å². The van der Waals surface area contributed by atoms with Crippen LogP contribution in [0.4, 0.5) is 0 Å². The van der Waals surface area contributed by atoms with Crippen molar-refractivity contribution in [2.45, 2.75) is 25.0 Å². The van der Waals surface area contributed by atoms with Gasteiger partial charge in [0.2, 0.25) is 11.4 Å². The van der Waals surface area contributed by atoms with Gasteiger partial charge >= 0.3 is 0 Å². The Balaban J connectivity index is 1.93. The van der Waals surface area contributed by atoms with Crippen LogP contribution in [0.1, 0.15) is 34.6 Å². The van der Waals surface area contributed by atoms with Crippen molar-refractivity contribution in [3.63, 3.8) is 0 Å². The number of aromatic nitrogens is 1. The predicted octanol–water partition coefficient (Wildman–Crippen LogP) is 2.23. The third-order valence-electron chi connectivity index (χ3n) is 5.47. The Labute approximate surface area is 160 Å². The number of ketones is 1. The number of fused-ring (bicyclic) bond motifs is 2. The van der Waals surface area contributed by atoms with Crippen molar-refractivity contribution in [3.8, 4) is 17.2 Å². The molecule has 4 rings (SSSR count). The maximum atomic E-state index is 13.5. The summed E-state index contributed by atoms with van der Waals surface area (Å²) in [6.07, 6.45) is 0.310. The van der Waals surface area contributed by atoms with Gasteiger partial charge in [-0.05, 0) is 6.07 Å². The van der Waals surface area contributed by atoms with Crippen molar-refractivity contribution in [3.05, 3.63) is 51.4 Å². The highest BCUT2D eigenvalue weighted by Crippen LogP contribution is 2.56. The van der Waals surface area contributed by atoms with Crippen molar-refractivity contribution in [2.75, 3.05) is 14.2 Å². The Hall–Kier alpha value is -2.51. The van der Waals surface area contributed by atoms with Crippen LogP contribution in [0.2, 0.25) is 5.02 Å². The van der Waals surface area contributed by atoms with Crippen LogP contribution in [0, 0.1) is 11.1 Å². The van der Waals surface area contributed by atoms with E-state index in [1.165, 1.54) is 32.5 Å². The quantitative estimate of drug-likeness (QED) is 0.623. The van der Waals surface area contributed by atoms with E-state index in [2.05, 4.69) is 0 Å². The zero-order valence-electron chi connectivity index (χ0n) is 15.0. The summed E-state index contributed by atoms with van der Waals surface area (Å²) in [6, 6.07) is 4.67. The van der Waals surface area contributed by atoms with E-state index in [1.54, 1.807) is 13.0 Å². The molecule has 1 aromatic carbocycles. The lowest BCUT2D eigenvalue weighted by Crippen LogP contribution is -2.56. The van der Waals surface area contributed by atoms with Gasteiger partial charge in [0.25, 0.3) is 0 Å². The SMILES string of the molecule is COc1cc(OC)c2c(c1Cl)OC1(C2=O)C(O)c2ccc[n+]([O-])c2C[C@H]1C. The molecule has 142 valence electrons. The molecule has 0 saturated carbocycles. The minimum atomic E-state index is -1.59. The molecule has 7 nitrogen and oxygen atoms in total. The van der Waals surface area contributed by atoms with Crippen LogP contribution in [0.5, 0.6) is 17.2 Å². The molecule has 3 atom stereocenters. The molecule has 8 heteroatoms. The third-order valence-corrected chi connectivity index (χ3v) is 5.83. The fourth-order valence-corrected chi connectivity index (χ4v) is 4.33. The lowest BCUT2D eigenvalue weighted by molar-refractivity contribution is -0.616. The average Bonchev–Trinajstić information content (AvgIpc) is 2.97. The molecular weight excluding hydrogens is 374 g/mol. The van der Waals surface area contributed by atoms with Crippen molar-refractivity contribution in [2.24, 2.45) is 5.92 Å². The topological polar surface area (TPSA) is 91.9 Å². The summed E-state index contributed by atoms with van der Waals surface area (Å²) in [6.45, 7) is 1.76. The van der Waals surface area contributed by atoms with Gasteiger partial charge < -0.3 is 24.5 Å². The highest BCUT2D eigenvalue weighted by atomic mass is 35.5. The van der Waals surface area contributed by atoms with Crippen molar-refractivity contribution < 1.29 is 28.8 Å². The molecule has 0 amide bonds. The van der Waals surface area contributed by atoms with Crippen LogP contribution < -0.4 is 18.9 Å². The van der Waals surface area contributed by atoms with E-state index in [1.807, 2.05) is 0 Å². The number of aliphatic hydroxyl groups is 1. The summed E-state index contributed by atoms with van der Waals surface area (Å²) >= 11 is 6.38. The summed E-state index contributed by atoms with van der Waals surface area (Å²) in [7, 11) is 2.87. The monoisotopic (exact) mass is 391 g/mol. The Kier molecular flexibility index (Phi) is 3.98. The van der Waals surface area contributed by atoms with Crippen LogP contribution in [0.3, 0.4) is 0 Å². The molecule has 1 aliphatic heterocycles. The predicted molar refractivity (Wildman–Crippen MR) is 95.5 cm³/mol. The maximum absolute atomic E-state index is 13.5. The van der Waals surface area contributed by atoms with E-state index in [0.29, 0.717) is 21.7 Å². The molecule has 27 heavy (non-hydrogen) atoms. The Bertz CT molecular complexity index is 962. The maximum Gasteiger partial charge on any atom is 0.217 e. The number of rotatable bonds is 2. The summed E-state index contributed by atoms with van der Waals surface area (Å²) < 4.78 is 17.4. The number of methoxy groups -OCH3 is 2. The molecule has 0 bridgehead atoms. The first-order valence-electron chi connectivity index (χ1n) is 8.44. The minimum Gasteiger partial charge on any atom is -0.618 e. The van der Waals surface area contributed by atoms with Gasteiger partial charge in [-0.3, -0.25) is 4.79 Å². The number of nitrogens with zero attached hydrogens (tertiary/aromatic N) is 1. The van der Waals surface area contributed by atoms with E-state index in [4.69, 9.17) is 25.8 Å². The van der Waals surface area contributed by atoms with E-state index < -0.39 is 23.4 Å². The standard InChI is InChI=1S/C19H18ClNO6/c1-9-7-11-10(5-4-6-21(11)24)17(22)19(9)18(23)14-12(25-2)8-13(26-3)15(20)16(14)27-19/h4-6,8-9,17,22H,7H2,1-3H3/t9-,17?,19?/m1/s1. The number of Topliss-reactive ketones (excluding diaryl/α,β-unsaturated/α-hetero) is 1. The van der Waals surface area contributed by atoms with Gasteiger partial charge in [-0.1, -0.05) is 18.5 Å². The lowest BCUT2D eigenvalue weighted by Gasteiger charge is -2.40. The molecule has 0 saturated heterocycles. The van der Waals surface area contributed by atoms with Gasteiger partial charge in [-0.25, -0.2) is 0 Å². The van der Waals surface area contributed by atoms with Crippen LogP contribution in [-0.4, -0.2) is 30.7 Å². The molecule has 1 aliphatic carbocycles. The van der Waals surface area contributed by atoms with Gasteiger partial charge in [-0.2, -0.15) is 4.73 Å². The zero-order valence-corrected chi connectivity index (χ0v) is 15.7. The van der Waals surface area contributed by atoms with Crippen LogP contribution in [-0.2, 0) is 6.42 Å². The van der Waals surface area contributed by atoms with E-state index in [0.717, 1.165) is 0 Å². The fourth-order valence-electron chi connectivity index (χ4n) is 4.06.